The van der Waals surface area contributed by atoms with Crippen LogP contribution in [0.3, 0.4) is 0 Å². The number of hydrogen-bond donors (Lipinski definition) is 2. The molecule has 1 aromatic heterocycles. The number of carbonyl (C=O) groups excluding carboxylic acids is 2. The molecule has 2 atom stereocenters. The van der Waals surface area contributed by atoms with Gasteiger partial charge in [-0.25, -0.2) is 9.07 Å². The molecule has 0 saturated heterocycles. The van der Waals surface area contributed by atoms with Gasteiger partial charge in [0.25, 0.3) is 11.8 Å². The predicted molar refractivity (Wildman–Crippen MR) is 172 cm³/mol. The second-order valence-electron chi connectivity index (χ2n) is 11.8. The molecule has 248 valence electrons. The Kier molecular flexibility index (Phi) is 10.4. The normalized spacial score (nSPS) is 16.4. The molecule has 1 aliphatic heterocycles. The first-order valence-corrected chi connectivity index (χ1v) is 15.6. The van der Waals surface area contributed by atoms with E-state index in [9.17, 15) is 27.2 Å². The molecule has 2 heterocycles. The maximum Gasteiger partial charge on any atom is 0.416 e. The van der Waals surface area contributed by atoms with Gasteiger partial charge in [0.05, 0.1) is 16.9 Å². The number of aromatic nitrogens is 2. The number of para-hydroxylation sites is 1. The van der Waals surface area contributed by atoms with Gasteiger partial charge >= 0.3 is 6.18 Å². The predicted octanol–water partition coefficient (Wildman–Crippen LogP) is 5.76. The van der Waals surface area contributed by atoms with E-state index in [4.69, 9.17) is 5.10 Å². The van der Waals surface area contributed by atoms with Gasteiger partial charge in [0.15, 0.2) is 0 Å². The molecule has 0 spiro atoms. The first-order valence-electron chi connectivity index (χ1n) is 15.6. The Morgan fingerprint density at radius 1 is 0.979 bits per heavy atom. The molecular weight excluding hydrogens is 612 g/mol. The lowest BCUT2D eigenvalue weighted by Gasteiger charge is -2.38. The summed E-state index contributed by atoms with van der Waals surface area (Å²) >= 11 is 0. The van der Waals surface area contributed by atoms with Crippen molar-refractivity contribution >= 4 is 17.6 Å². The standard InChI is InChI=1S/C35H38F4N6O2/c1-4-44-33-30(28(22-40-19-8-9-20-43(2)3)42-45(33)27-13-6-5-7-14-27)29(23-15-17-26(36)18-16-23)31(34(44)47)41-32(46)24-11-10-12-25(21-24)35(37,38)39/h5-7,10-18,21,29,31,40H,4,8-9,19-20,22H2,1-3H3,(H,41,46). The number of alkyl halides is 3. The van der Waals surface area contributed by atoms with Gasteiger partial charge in [0, 0.05) is 30.1 Å². The zero-order chi connectivity index (χ0) is 33.7. The van der Waals surface area contributed by atoms with Crippen molar-refractivity contribution in [3.63, 3.8) is 0 Å². The number of hydrogen-bond acceptors (Lipinski definition) is 5. The minimum Gasteiger partial charge on any atom is -0.339 e. The van der Waals surface area contributed by atoms with Crippen molar-refractivity contribution in [1.29, 1.82) is 0 Å². The molecule has 2 N–H and O–H groups in total. The highest BCUT2D eigenvalue weighted by atomic mass is 19.4. The summed E-state index contributed by atoms with van der Waals surface area (Å²) in [6.07, 6.45) is -2.73. The number of rotatable bonds is 12. The fourth-order valence-corrected chi connectivity index (χ4v) is 5.93. The number of likely N-dealkylation sites (N-methyl/N-ethyl adjacent to an activating group) is 1. The molecule has 1 aliphatic rings. The third kappa shape index (κ3) is 7.55. The molecular formula is C35H38F4N6O2. The van der Waals surface area contributed by atoms with Crippen LogP contribution in [0.5, 0.6) is 0 Å². The Bertz CT molecular complexity index is 1690. The number of amides is 2. The molecule has 47 heavy (non-hydrogen) atoms. The average molecular weight is 651 g/mol. The summed E-state index contributed by atoms with van der Waals surface area (Å²) in [6, 6.07) is 17.9. The molecule has 4 aromatic rings. The average Bonchev–Trinajstić information content (AvgIpc) is 3.42. The third-order valence-electron chi connectivity index (χ3n) is 8.19. The lowest BCUT2D eigenvalue weighted by atomic mass is 9.80. The Balaban J connectivity index is 1.61. The van der Waals surface area contributed by atoms with Crippen molar-refractivity contribution in [2.75, 3.05) is 38.6 Å². The molecule has 8 nitrogen and oxygen atoms in total. The quantitative estimate of drug-likeness (QED) is 0.151. The van der Waals surface area contributed by atoms with Crippen LogP contribution < -0.4 is 15.5 Å². The minimum atomic E-state index is -4.65. The third-order valence-corrected chi connectivity index (χ3v) is 8.19. The molecule has 0 saturated carbocycles. The highest BCUT2D eigenvalue weighted by Gasteiger charge is 2.46. The Hall–Kier alpha value is -4.55. The second-order valence-corrected chi connectivity index (χ2v) is 11.8. The van der Waals surface area contributed by atoms with Crippen LogP contribution in [0.25, 0.3) is 5.69 Å². The van der Waals surface area contributed by atoms with Gasteiger partial charge in [-0.1, -0.05) is 36.4 Å². The first-order chi connectivity index (χ1) is 22.5. The molecule has 0 aliphatic carbocycles. The fraction of sp³-hybridized carbons (Fsp3) is 0.343. The van der Waals surface area contributed by atoms with Crippen LogP contribution >= 0.6 is 0 Å². The van der Waals surface area contributed by atoms with E-state index in [1.54, 1.807) is 23.7 Å². The minimum absolute atomic E-state index is 0.230. The summed E-state index contributed by atoms with van der Waals surface area (Å²) in [5, 5.41) is 11.2. The first kappa shape index (κ1) is 33.8. The monoisotopic (exact) mass is 650 g/mol. The van der Waals surface area contributed by atoms with Crippen molar-refractivity contribution in [2.45, 2.75) is 44.4 Å². The van der Waals surface area contributed by atoms with Gasteiger partial charge in [-0.3, -0.25) is 14.5 Å². The van der Waals surface area contributed by atoms with Gasteiger partial charge < -0.3 is 15.5 Å². The van der Waals surface area contributed by atoms with Crippen LogP contribution in [0.4, 0.5) is 23.4 Å². The van der Waals surface area contributed by atoms with E-state index in [0.717, 1.165) is 43.3 Å². The highest BCUT2D eigenvalue weighted by Crippen LogP contribution is 2.43. The molecule has 0 bridgehead atoms. The zero-order valence-electron chi connectivity index (χ0n) is 26.5. The van der Waals surface area contributed by atoms with Crippen molar-refractivity contribution < 1.29 is 27.2 Å². The SMILES string of the molecule is CCN1C(=O)C(NC(=O)c2cccc(C(F)(F)F)c2)C(c2ccc(F)cc2)c2c(CNCCCCN(C)C)nn(-c3ccccc3)c21. The van der Waals surface area contributed by atoms with Gasteiger partial charge in [-0.05, 0) is 95.0 Å². The van der Waals surface area contributed by atoms with Gasteiger partial charge in [-0.15, -0.1) is 0 Å². The Labute approximate surface area is 271 Å². The van der Waals surface area contributed by atoms with Crippen molar-refractivity contribution in [1.82, 2.24) is 25.3 Å². The molecule has 0 fully saturated rings. The lowest BCUT2D eigenvalue weighted by molar-refractivity contribution is -0.137. The Morgan fingerprint density at radius 2 is 1.70 bits per heavy atom. The van der Waals surface area contributed by atoms with E-state index in [0.29, 0.717) is 35.7 Å². The van der Waals surface area contributed by atoms with Crippen LogP contribution in [-0.2, 0) is 17.5 Å². The number of carbonyl (C=O) groups is 2. The lowest BCUT2D eigenvalue weighted by Crippen LogP contribution is -2.55. The molecule has 3 aromatic carbocycles. The zero-order valence-corrected chi connectivity index (χ0v) is 26.5. The van der Waals surface area contributed by atoms with E-state index in [-0.39, 0.29) is 12.1 Å². The van der Waals surface area contributed by atoms with Gasteiger partial charge in [0.2, 0.25) is 0 Å². The van der Waals surface area contributed by atoms with E-state index in [1.807, 2.05) is 44.4 Å². The molecule has 12 heteroatoms. The summed E-state index contributed by atoms with van der Waals surface area (Å²) in [7, 11) is 4.04. The summed E-state index contributed by atoms with van der Waals surface area (Å²) in [5.41, 5.74) is 1.35. The molecule has 0 radical (unpaired) electrons. The highest BCUT2D eigenvalue weighted by molar-refractivity contribution is 6.05. The summed E-state index contributed by atoms with van der Waals surface area (Å²) in [4.78, 5) is 31.6. The van der Waals surface area contributed by atoms with E-state index >= 15 is 0 Å². The van der Waals surface area contributed by atoms with Crippen LogP contribution in [0, 0.1) is 5.82 Å². The topological polar surface area (TPSA) is 82.5 Å². The maximum atomic E-state index is 14.3. The van der Waals surface area contributed by atoms with Crippen LogP contribution in [0.15, 0.2) is 78.9 Å². The number of unbranched alkanes of at least 4 members (excludes halogenated alkanes) is 1. The van der Waals surface area contributed by atoms with E-state index in [1.165, 1.54) is 23.1 Å². The Morgan fingerprint density at radius 3 is 2.36 bits per heavy atom. The maximum absolute atomic E-state index is 14.3. The number of nitrogens with one attached hydrogen (secondary N) is 2. The number of anilines is 1. The van der Waals surface area contributed by atoms with Crippen molar-refractivity contribution in [3.8, 4) is 5.69 Å². The fourth-order valence-electron chi connectivity index (χ4n) is 5.93. The second kappa shape index (κ2) is 14.5. The summed E-state index contributed by atoms with van der Waals surface area (Å²) in [5.74, 6) is -2.08. The summed E-state index contributed by atoms with van der Waals surface area (Å²) < 4.78 is 56.3. The largest absolute Gasteiger partial charge is 0.416 e. The van der Waals surface area contributed by atoms with Crippen LogP contribution in [0.1, 0.15) is 58.4 Å². The van der Waals surface area contributed by atoms with Crippen LogP contribution in [0.2, 0.25) is 0 Å². The molecule has 2 unspecified atom stereocenters. The number of benzene rings is 3. The number of nitrogens with zero attached hydrogens (tertiary/aromatic N) is 4. The number of halogens is 4. The van der Waals surface area contributed by atoms with Crippen molar-refractivity contribution in [2.24, 2.45) is 0 Å². The van der Waals surface area contributed by atoms with E-state index < -0.39 is 41.3 Å². The number of fused-ring (bicyclic) bond motifs is 1. The van der Waals surface area contributed by atoms with Gasteiger partial charge in [0.1, 0.15) is 17.7 Å². The van der Waals surface area contributed by atoms with Gasteiger partial charge in [-0.2, -0.15) is 18.3 Å². The smallest absolute Gasteiger partial charge is 0.339 e. The molecule has 5 rings (SSSR count). The van der Waals surface area contributed by atoms with Crippen molar-refractivity contribution in [3.05, 3.63) is 113 Å². The summed E-state index contributed by atoms with van der Waals surface area (Å²) in [6.45, 7) is 4.05. The van der Waals surface area contributed by atoms with E-state index in [2.05, 4.69) is 15.5 Å². The molecule has 2 amide bonds. The van der Waals surface area contributed by atoms with Crippen LogP contribution in [-0.4, -0.2) is 66.3 Å².